The van der Waals surface area contributed by atoms with E-state index in [1.807, 2.05) is 0 Å². The van der Waals surface area contributed by atoms with Crippen LogP contribution < -0.4 is 11.1 Å². The zero-order chi connectivity index (χ0) is 12.4. The highest BCUT2D eigenvalue weighted by atomic mass is 19.1. The van der Waals surface area contributed by atoms with Crippen LogP contribution in [0.1, 0.15) is 6.92 Å². The predicted molar refractivity (Wildman–Crippen MR) is 61.9 cm³/mol. The van der Waals surface area contributed by atoms with Gasteiger partial charge < -0.3 is 16.2 Å². The number of hydrogen-bond donors (Lipinski definition) is 3. The Morgan fingerprint density at radius 3 is 3.00 bits per heavy atom. The maximum absolute atomic E-state index is 13.0. The van der Waals surface area contributed by atoms with Gasteiger partial charge in [-0.15, -0.1) is 0 Å². The largest absolute Gasteiger partial charge is 0.394 e. The molecule has 7 heteroatoms. The number of nitrogens with two attached hydrogens (primary N) is 1. The second-order valence-electron chi connectivity index (χ2n) is 3.68. The van der Waals surface area contributed by atoms with Crippen LogP contribution in [-0.4, -0.2) is 32.7 Å². The summed E-state index contributed by atoms with van der Waals surface area (Å²) in [4.78, 5) is 11.8. The molecule has 0 bridgehead atoms. The van der Waals surface area contributed by atoms with Crippen molar-refractivity contribution in [3.8, 4) is 0 Å². The Labute approximate surface area is 96.7 Å². The van der Waals surface area contributed by atoms with E-state index in [1.54, 1.807) is 6.92 Å². The maximum atomic E-state index is 13.0. The zero-order valence-corrected chi connectivity index (χ0v) is 9.18. The summed E-state index contributed by atoms with van der Waals surface area (Å²) in [5.74, 6) is -0.0802. The van der Waals surface area contributed by atoms with Gasteiger partial charge in [-0.05, 0) is 6.92 Å². The molecule has 90 valence electrons. The maximum Gasteiger partial charge on any atom is 0.222 e. The number of aliphatic hydroxyl groups excluding tert-OH is 1. The summed E-state index contributed by atoms with van der Waals surface area (Å²) < 4.78 is 13.0. The first-order chi connectivity index (χ1) is 8.10. The second kappa shape index (κ2) is 4.46. The fourth-order valence-electron chi connectivity index (χ4n) is 1.39. The zero-order valence-electron chi connectivity index (χ0n) is 9.18. The van der Waals surface area contributed by atoms with Crippen LogP contribution in [0, 0.1) is 5.82 Å². The van der Waals surface area contributed by atoms with E-state index >= 15 is 0 Å². The second-order valence-corrected chi connectivity index (χ2v) is 3.68. The molecule has 0 aliphatic carbocycles. The lowest BCUT2D eigenvalue weighted by molar-refractivity contribution is 0.281. The molecule has 0 unspecified atom stereocenters. The van der Waals surface area contributed by atoms with E-state index in [0.717, 1.165) is 6.20 Å². The number of rotatable bonds is 3. The minimum Gasteiger partial charge on any atom is -0.394 e. The molecule has 2 heterocycles. The predicted octanol–water partition coefficient (Wildman–Crippen LogP) is 0.539. The van der Waals surface area contributed by atoms with Crippen molar-refractivity contribution in [3.63, 3.8) is 0 Å². The standard InChI is InChI=1S/C10H12FN5O/c1-5(4-17)14-9-8-7(15-10(12)16-9)2-6(11)3-13-8/h2-3,5,17H,4H2,1H3,(H3,12,14,15,16)/t5-/m0/s1. The minimum atomic E-state index is -0.489. The van der Waals surface area contributed by atoms with Crippen LogP contribution in [0.4, 0.5) is 16.2 Å². The van der Waals surface area contributed by atoms with Crippen LogP contribution in [-0.2, 0) is 0 Å². The molecule has 0 amide bonds. The van der Waals surface area contributed by atoms with E-state index in [-0.39, 0.29) is 18.6 Å². The molecule has 6 nitrogen and oxygen atoms in total. The van der Waals surface area contributed by atoms with Crippen molar-refractivity contribution in [1.82, 2.24) is 15.0 Å². The van der Waals surface area contributed by atoms with Gasteiger partial charge in [0.15, 0.2) is 5.82 Å². The molecule has 0 fully saturated rings. The van der Waals surface area contributed by atoms with Crippen molar-refractivity contribution in [2.45, 2.75) is 13.0 Å². The summed E-state index contributed by atoms with van der Waals surface area (Å²) in [7, 11) is 0. The molecule has 1 atom stereocenters. The number of hydrogen-bond acceptors (Lipinski definition) is 6. The summed E-state index contributed by atoms with van der Waals surface area (Å²) in [5.41, 5.74) is 6.26. The van der Waals surface area contributed by atoms with E-state index in [9.17, 15) is 4.39 Å². The van der Waals surface area contributed by atoms with Gasteiger partial charge in [0.05, 0.1) is 18.3 Å². The number of aliphatic hydroxyl groups is 1. The van der Waals surface area contributed by atoms with Gasteiger partial charge >= 0.3 is 0 Å². The summed E-state index contributed by atoms with van der Waals surface area (Å²) in [5, 5.41) is 11.9. The molecular weight excluding hydrogens is 225 g/mol. The molecule has 0 spiro atoms. The van der Waals surface area contributed by atoms with Gasteiger partial charge in [-0.1, -0.05) is 0 Å². The van der Waals surface area contributed by atoms with Crippen LogP contribution >= 0.6 is 0 Å². The summed E-state index contributed by atoms with van der Waals surface area (Å²) in [6.45, 7) is 1.71. The van der Waals surface area contributed by atoms with Crippen LogP contribution in [0.5, 0.6) is 0 Å². The molecule has 2 aromatic rings. The minimum absolute atomic E-state index is 0.0255. The highest BCUT2D eigenvalue weighted by molar-refractivity contribution is 5.86. The van der Waals surface area contributed by atoms with E-state index < -0.39 is 5.82 Å². The topological polar surface area (TPSA) is 97.0 Å². The molecule has 0 saturated heterocycles. The van der Waals surface area contributed by atoms with Crippen molar-refractivity contribution in [2.24, 2.45) is 0 Å². The molecule has 0 aromatic carbocycles. The fourth-order valence-corrected chi connectivity index (χ4v) is 1.39. The first-order valence-corrected chi connectivity index (χ1v) is 5.06. The molecule has 2 aromatic heterocycles. The van der Waals surface area contributed by atoms with E-state index in [2.05, 4.69) is 20.3 Å². The highest BCUT2D eigenvalue weighted by Gasteiger charge is 2.10. The van der Waals surface area contributed by atoms with E-state index in [1.165, 1.54) is 6.07 Å². The van der Waals surface area contributed by atoms with Crippen LogP contribution in [0.15, 0.2) is 12.3 Å². The SMILES string of the molecule is C[C@@H](CO)Nc1nc(N)nc2cc(F)cnc12. The summed E-state index contributed by atoms with van der Waals surface area (Å²) in [6.07, 6.45) is 1.08. The summed E-state index contributed by atoms with van der Waals surface area (Å²) >= 11 is 0. The summed E-state index contributed by atoms with van der Waals surface area (Å²) in [6, 6.07) is 1.02. The van der Waals surface area contributed by atoms with Gasteiger partial charge in [-0.2, -0.15) is 4.98 Å². The number of aromatic nitrogens is 3. The molecule has 4 N–H and O–H groups in total. The van der Waals surface area contributed by atoms with Gasteiger partial charge in [0.25, 0.3) is 0 Å². The Hall–Kier alpha value is -2.02. The smallest absolute Gasteiger partial charge is 0.222 e. The average molecular weight is 237 g/mol. The number of fused-ring (bicyclic) bond motifs is 1. The number of nitrogen functional groups attached to an aromatic ring is 1. The Balaban J connectivity index is 2.53. The number of nitrogens with one attached hydrogen (secondary N) is 1. The molecule has 0 saturated carbocycles. The first-order valence-electron chi connectivity index (χ1n) is 5.06. The van der Waals surface area contributed by atoms with Crippen molar-refractivity contribution in [2.75, 3.05) is 17.7 Å². The Morgan fingerprint density at radius 1 is 1.53 bits per heavy atom. The molecule has 0 aliphatic rings. The van der Waals surface area contributed by atoms with Gasteiger partial charge in [-0.3, -0.25) is 0 Å². The van der Waals surface area contributed by atoms with Crippen molar-refractivity contribution >= 4 is 22.8 Å². The number of nitrogens with zero attached hydrogens (tertiary/aromatic N) is 3. The van der Waals surface area contributed by atoms with Crippen LogP contribution in [0.3, 0.4) is 0 Å². The highest BCUT2D eigenvalue weighted by Crippen LogP contribution is 2.19. The lowest BCUT2D eigenvalue weighted by Gasteiger charge is -2.13. The van der Waals surface area contributed by atoms with Gasteiger partial charge in [0.1, 0.15) is 11.3 Å². The Kier molecular flexibility index (Phi) is 3.01. The fraction of sp³-hybridized carbons (Fsp3) is 0.300. The quantitative estimate of drug-likeness (QED) is 0.720. The van der Waals surface area contributed by atoms with Crippen molar-refractivity contribution < 1.29 is 9.50 Å². The van der Waals surface area contributed by atoms with Crippen LogP contribution in [0.25, 0.3) is 11.0 Å². The molecule has 17 heavy (non-hydrogen) atoms. The number of pyridine rings is 1. The van der Waals surface area contributed by atoms with E-state index in [4.69, 9.17) is 10.8 Å². The average Bonchev–Trinajstić information content (AvgIpc) is 2.27. The van der Waals surface area contributed by atoms with Gasteiger partial charge in [0.2, 0.25) is 5.95 Å². The van der Waals surface area contributed by atoms with Crippen molar-refractivity contribution in [1.29, 1.82) is 0 Å². The normalized spacial score (nSPS) is 12.6. The lowest BCUT2D eigenvalue weighted by atomic mass is 10.3. The third kappa shape index (κ3) is 2.39. The number of halogens is 1. The van der Waals surface area contributed by atoms with Crippen molar-refractivity contribution in [3.05, 3.63) is 18.1 Å². The molecule has 2 rings (SSSR count). The Bertz CT molecular complexity index is 542. The van der Waals surface area contributed by atoms with E-state index in [0.29, 0.717) is 16.9 Å². The first kappa shape index (κ1) is 11.5. The molecule has 0 radical (unpaired) electrons. The van der Waals surface area contributed by atoms with Gasteiger partial charge in [-0.25, -0.2) is 14.4 Å². The monoisotopic (exact) mass is 237 g/mol. The Morgan fingerprint density at radius 2 is 2.29 bits per heavy atom. The molecular formula is C10H12FN5O. The lowest BCUT2D eigenvalue weighted by Crippen LogP contribution is -2.21. The third-order valence-corrected chi connectivity index (χ3v) is 2.18. The van der Waals surface area contributed by atoms with Crippen LogP contribution in [0.2, 0.25) is 0 Å². The molecule has 0 aliphatic heterocycles. The van der Waals surface area contributed by atoms with Gasteiger partial charge in [0, 0.05) is 12.1 Å². The number of anilines is 2. The third-order valence-electron chi connectivity index (χ3n) is 2.18.